The molecule has 6 heteroatoms. The third kappa shape index (κ3) is 4.21. The Morgan fingerprint density at radius 3 is 2.45 bits per heavy atom. The number of carbonyl (C=O) groups is 1. The van der Waals surface area contributed by atoms with E-state index >= 15 is 0 Å². The summed E-state index contributed by atoms with van der Waals surface area (Å²) in [4.78, 5) is 17.3. The molecule has 0 saturated carbocycles. The highest BCUT2D eigenvalue weighted by Gasteiger charge is 2.09. The Hall–Kier alpha value is -1.59. The Bertz CT molecular complexity index is 674. The monoisotopic (exact) mass is 338 g/mol. The van der Waals surface area contributed by atoms with Crippen LogP contribution in [0, 0.1) is 27.7 Å². The van der Waals surface area contributed by atoms with Crippen LogP contribution in [0.3, 0.4) is 0 Å². The number of thiazole rings is 1. The number of hydrogen-bond acceptors (Lipinski definition) is 4. The molecular formula is C16H19ClN2O2S. The molecule has 2 aromatic rings. The number of amides is 1. The van der Waals surface area contributed by atoms with E-state index in [1.165, 1.54) is 0 Å². The van der Waals surface area contributed by atoms with Crippen LogP contribution in [0.25, 0.3) is 0 Å². The molecule has 0 aliphatic heterocycles. The minimum Gasteiger partial charge on any atom is -0.484 e. The van der Waals surface area contributed by atoms with Gasteiger partial charge < -0.3 is 10.1 Å². The Morgan fingerprint density at radius 2 is 1.91 bits per heavy atom. The third-order valence-electron chi connectivity index (χ3n) is 3.23. The molecule has 0 fully saturated rings. The molecule has 1 N–H and O–H groups in total. The normalized spacial score (nSPS) is 10.6. The maximum absolute atomic E-state index is 11.9. The lowest BCUT2D eigenvalue weighted by molar-refractivity contribution is -0.123. The van der Waals surface area contributed by atoms with Gasteiger partial charge in [0.1, 0.15) is 5.75 Å². The molecule has 0 atom stereocenters. The van der Waals surface area contributed by atoms with Crippen molar-refractivity contribution in [3.8, 4) is 5.75 Å². The topological polar surface area (TPSA) is 51.2 Å². The number of rotatable bonds is 5. The molecule has 0 saturated heterocycles. The van der Waals surface area contributed by atoms with Crippen molar-refractivity contribution >= 4 is 28.8 Å². The van der Waals surface area contributed by atoms with Crippen LogP contribution in [-0.2, 0) is 11.3 Å². The van der Waals surface area contributed by atoms with Crippen molar-refractivity contribution in [2.45, 2.75) is 34.2 Å². The summed E-state index contributed by atoms with van der Waals surface area (Å²) >= 11 is 7.70. The number of halogens is 1. The second-order valence-corrected chi connectivity index (χ2v) is 6.84. The van der Waals surface area contributed by atoms with Crippen LogP contribution in [0.1, 0.15) is 26.7 Å². The predicted octanol–water partition coefficient (Wildman–Crippen LogP) is 3.73. The van der Waals surface area contributed by atoms with Crippen LogP contribution in [0.4, 0.5) is 0 Å². The molecule has 1 aromatic carbocycles. The fraction of sp³-hybridized carbons (Fsp3) is 0.375. The number of carbonyl (C=O) groups excluding carboxylic acids is 1. The van der Waals surface area contributed by atoms with Crippen molar-refractivity contribution in [1.82, 2.24) is 10.3 Å². The fourth-order valence-electron chi connectivity index (χ4n) is 2.11. The van der Waals surface area contributed by atoms with E-state index in [9.17, 15) is 4.79 Å². The van der Waals surface area contributed by atoms with E-state index in [-0.39, 0.29) is 12.5 Å². The lowest BCUT2D eigenvalue weighted by Crippen LogP contribution is -2.28. The van der Waals surface area contributed by atoms with E-state index in [2.05, 4.69) is 10.3 Å². The number of ether oxygens (including phenoxy) is 1. The Balaban J connectivity index is 1.87. The van der Waals surface area contributed by atoms with Crippen molar-refractivity contribution < 1.29 is 9.53 Å². The largest absolute Gasteiger partial charge is 0.484 e. The predicted molar refractivity (Wildman–Crippen MR) is 89.9 cm³/mol. The number of aryl methyl sites for hydroxylation is 4. The molecule has 1 amide bonds. The molecule has 118 valence electrons. The molecule has 0 radical (unpaired) electrons. The van der Waals surface area contributed by atoms with Crippen molar-refractivity contribution in [3.63, 3.8) is 0 Å². The summed E-state index contributed by atoms with van der Waals surface area (Å²) in [5.41, 5.74) is 2.84. The maximum atomic E-state index is 11.9. The van der Waals surface area contributed by atoms with E-state index in [1.807, 2.05) is 39.8 Å². The number of aromatic nitrogens is 1. The van der Waals surface area contributed by atoms with Gasteiger partial charge in [-0.1, -0.05) is 11.6 Å². The van der Waals surface area contributed by atoms with E-state index in [4.69, 9.17) is 16.3 Å². The Labute approximate surface area is 139 Å². The average Bonchev–Trinajstić information content (AvgIpc) is 2.78. The zero-order valence-electron chi connectivity index (χ0n) is 13.1. The lowest BCUT2D eigenvalue weighted by Gasteiger charge is -2.10. The Morgan fingerprint density at radius 1 is 1.27 bits per heavy atom. The molecule has 4 nitrogen and oxygen atoms in total. The number of benzene rings is 1. The molecule has 2 rings (SSSR count). The SMILES string of the molecule is Cc1nc(C)c(CNC(=O)COc2cc(C)c(Cl)c(C)c2)s1. The van der Waals surface area contributed by atoms with Crippen LogP contribution in [0.2, 0.25) is 5.02 Å². The van der Waals surface area contributed by atoms with Crippen LogP contribution in [0.15, 0.2) is 12.1 Å². The smallest absolute Gasteiger partial charge is 0.258 e. The number of nitrogens with zero attached hydrogens (tertiary/aromatic N) is 1. The van der Waals surface area contributed by atoms with E-state index in [1.54, 1.807) is 11.3 Å². The summed E-state index contributed by atoms with van der Waals surface area (Å²) in [5.74, 6) is 0.495. The minimum absolute atomic E-state index is 0.0165. The second-order valence-electron chi connectivity index (χ2n) is 5.18. The van der Waals surface area contributed by atoms with Crippen molar-refractivity contribution in [2.75, 3.05) is 6.61 Å². The highest BCUT2D eigenvalue weighted by atomic mass is 35.5. The summed E-state index contributed by atoms with van der Waals surface area (Å²) < 4.78 is 5.53. The van der Waals surface area contributed by atoms with Crippen molar-refractivity contribution in [2.24, 2.45) is 0 Å². The molecule has 22 heavy (non-hydrogen) atoms. The van der Waals surface area contributed by atoms with Gasteiger partial charge >= 0.3 is 0 Å². The van der Waals surface area contributed by atoms with Gasteiger partial charge in [0, 0.05) is 9.90 Å². The van der Waals surface area contributed by atoms with Crippen LogP contribution in [0.5, 0.6) is 5.75 Å². The first-order valence-corrected chi connectivity index (χ1v) is 8.15. The summed E-state index contributed by atoms with van der Waals surface area (Å²) in [6.45, 7) is 8.20. The molecule has 0 spiro atoms. The lowest BCUT2D eigenvalue weighted by atomic mass is 10.1. The van der Waals surface area contributed by atoms with Crippen LogP contribution in [-0.4, -0.2) is 17.5 Å². The van der Waals surface area contributed by atoms with Gasteiger partial charge in [-0.3, -0.25) is 4.79 Å². The molecule has 0 aliphatic carbocycles. The Kier molecular flexibility index (Phi) is 5.42. The highest BCUT2D eigenvalue weighted by molar-refractivity contribution is 7.11. The van der Waals surface area contributed by atoms with Crippen LogP contribution < -0.4 is 10.1 Å². The summed E-state index contributed by atoms with van der Waals surface area (Å²) in [6.07, 6.45) is 0. The van der Waals surface area contributed by atoms with Gasteiger partial charge in [0.05, 0.1) is 17.2 Å². The highest BCUT2D eigenvalue weighted by Crippen LogP contribution is 2.25. The molecule has 0 unspecified atom stereocenters. The summed E-state index contributed by atoms with van der Waals surface area (Å²) in [7, 11) is 0. The summed E-state index contributed by atoms with van der Waals surface area (Å²) in [5, 5.41) is 4.58. The molecule has 0 bridgehead atoms. The zero-order chi connectivity index (χ0) is 16.3. The van der Waals surface area contributed by atoms with Crippen molar-refractivity contribution in [1.29, 1.82) is 0 Å². The van der Waals surface area contributed by atoms with E-state index < -0.39 is 0 Å². The van der Waals surface area contributed by atoms with Gasteiger partial charge in [-0.15, -0.1) is 11.3 Å². The van der Waals surface area contributed by atoms with Crippen molar-refractivity contribution in [3.05, 3.63) is 43.9 Å². The maximum Gasteiger partial charge on any atom is 0.258 e. The standard InChI is InChI=1S/C16H19ClN2O2S/c1-9-5-13(6-10(2)16(9)17)21-8-15(20)18-7-14-11(3)19-12(4)22-14/h5-6H,7-8H2,1-4H3,(H,18,20). The first-order valence-electron chi connectivity index (χ1n) is 6.96. The minimum atomic E-state index is -0.157. The molecule has 0 aliphatic rings. The number of nitrogens with one attached hydrogen (secondary N) is 1. The summed E-state index contributed by atoms with van der Waals surface area (Å²) in [6, 6.07) is 3.67. The van der Waals surface area contributed by atoms with Crippen LogP contribution >= 0.6 is 22.9 Å². The zero-order valence-corrected chi connectivity index (χ0v) is 14.7. The molecule has 1 heterocycles. The molecular weight excluding hydrogens is 320 g/mol. The van der Waals surface area contributed by atoms with Gasteiger partial charge in [0.15, 0.2) is 6.61 Å². The first-order chi connectivity index (χ1) is 10.4. The van der Waals surface area contributed by atoms with Gasteiger partial charge in [0.2, 0.25) is 0 Å². The fourth-order valence-corrected chi connectivity index (χ4v) is 3.09. The third-order valence-corrected chi connectivity index (χ3v) is 4.89. The quantitative estimate of drug-likeness (QED) is 0.903. The second kappa shape index (κ2) is 7.11. The first kappa shape index (κ1) is 16.8. The van der Waals surface area contributed by atoms with Gasteiger partial charge in [-0.2, -0.15) is 0 Å². The van der Waals surface area contributed by atoms with E-state index in [0.29, 0.717) is 12.3 Å². The molecule has 1 aromatic heterocycles. The average molecular weight is 339 g/mol. The van der Waals surface area contributed by atoms with E-state index in [0.717, 1.165) is 31.7 Å². The van der Waals surface area contributed by atoms with Gasteiger partial charge in [-0.05, 0) is 51.0 Å². The number of hydrogen-bond donors (Lipinski definition) is 1. The van der Waals surface area contributed by atoms with Gasteiger partial charge in [-0.25, -0.2) is 4.98 Å². The van der Waals surface area contributed by atoms with Gasteiger partial charge in [0.25, 0.3) is 5.91 Å².